The van der Waals surface area contributed by atoms with Crippen molar-refractivity contribution < 1.29 is 4.74 Å². The van der Waals surface area contributed by atoms with Gasteiger partial charge >= 0.3 is 0 Å². The monoisotopic (exact) mass is 434 g/mol. The standard InChI is InChI=1S/C23H26N6OS/c31-23-26-21(19-4-1-2-8-25-19)22(29(23)13-12-27-14-16-30-17-15-27)20-5-3-11-28(20)18-6-9-24-10-7-18/h1-11,21-22H,12-17H2,(H,26,31)/t21-,22-/m1/s1. The maximum absolute atomic E-state index is 5.82. The molecule has 0 amide bonds. The molecule has 2 aliphatic rings. The molecule has 5 rings (SSSR count). The van der Waals surface area contributed by atoms with Gasteiger partial charge in [0, 0.05) is 62.3 Å². The summed E-state index contributed by atoms with van der Waals surface area (Å²) in [5.74, 6) is 0. The molecule has 5 heterocycles. The maximum Gasteiger partial charge on any atom is 0.170 e. The van der Waals surface area contributed by atoms with Crippen LogP contribution in [0.1, 0.15) is 23.5 Å². The van der Waals surface area contributed by atoms with Gasteiger partial charge in [0.05, 0.1) is 31.0 Å². The van der Waals surface area contributed by atoms with Gasteiger partial charge in [-0.3, -0.25) is 14.9 Å². The first-order valence-electron chi connectivity index (χ1n) is 10.7. The summed E-state index contributed by atoms with van der Waals surface area (Å²) < 4.78 is 7.72. The van der Waals surface area contributed by atoms with Crippen molar-refractivity contribution in [1.82, 2.24) is 29.7 Å². The highest BCUT2D eigenvalue weighted by Crippen LogP contribution is 2.39. The Kier molecular flexibility index (Phi) is 5.93. The molecule has 8 heteroatoms. The minimum atomic E-state index is -0.0196. The molecule has 0 saturated carbocycles. The van der Waals surface area contributed by atoms with Crippen LogP contribution in [0.15, 0.2) is 67.3 Å². The first-order valence-corrected chi connectivity index (χ1v) is 11.1. The number of ether oxygens (including phenoxy) is 1. The summed E-state index contributed by atoms with van der Waals surface area (Å²) in [6.07, 6.45) is 7.59. The van der Waals surface area contributed by atoms with Crippen LogP contribution in [0.5, 0.6) is 0 Å². The van der Waals surface area contributed by atoms with Crippen molar-refractivity contribution in [3.8, 4) is 5.69 Å². The third-order valence-corrected chi connectivity index (χ3v) is 6.34. The first-order chi connectivity index (χ1) is 15.3. The Morgan fingerprint density at radius 1 is 1.00 bits per heavy atom. The van der Waals surface area contributed by atoms with E-state index in [2.05, 4.69) is 54.0 Å². The summed E-state index contributed by atoms with van der Waals surface area (Å²) >= 11 is 5.82. The highest BCUT2D eigenvalue weighted by molar-refractivity contribution is 7.80. The van der Waals surface area contributed by atoms with Crippen LogP contribution in [0.25, 0.3) is 5.69 Å². The molecule has 1 N–H and O–H groups in total. The van der Waals surface area contributed by atoms with E-state index in [0.717, 1.165) is 55.9 Å². The van der Waals surface area contributed by atoms with Gasteiger partial charge in [-0.05, 0) is 48.6 Å². The summed E-state index contributed by atoms with van der Waals surface area (Å²) in [5, 5.41) is 4.33. The molecule has 0 spiro atoms. The maximum atomic E-state index is 5.82. The normalized spacial score (nSPS) is 21.9. The number of nitrogens with zero attached hydrogens (tertiary/aromatic N) is 5. The van der Waals surface area contributed by atoms with Crippen molar-refractivity contribution in [2.45, 2.75) is 12.1 Å². The van der Waals surface area contributed by atoms with Crippen LogP contribution in [0.4, 0.5) is 0 Å². The molecule has 3 aromatic rings. The number of hydrogen-bond donors (Lipinski definition) is 1. The largest absolute Gasteiger partial charge is 0.379 e. The van der Waals surface area contributed by atoms with Gasteiger partial charge in [0.15, 0.2) is 5.11 Å². The number of hydrogen-bond acceptors (Lipinski definition) is 5. The summed E-state index contributed by atoms with van der Waals surface area (Å²) in [7, 11) is 0. The number of thiocarbonyl (C=S) groups is 1. The van der Waals surface area contributed by atoms with E-state index in [9.17, 15) is 0 Å². The zero-order valence-corrected chi connectivity index (χ0v) is 18.1. The fourth-order valence-corrected chi connectivity index (χ4v) is 4.75. The zero-order valence-electron chi connectivity index (χ0n) is 17.3. The summed E-state index contributed by atoms with van der Waals surface area (Å²) in [4.78, 5) is 13.6. The molecule has 2 aliphatic heterocycles. The Balaban J connectivity index is 1.49. The Hall–Kier alpha value is -2.81. The minimum Gasteiger partial charge on any atom is -0.379 e. The smallest absolute Gasteiger partial charge is 0.170 e. The van der Waals surface area contributed by atoms with E-state index in [4.69, 9.17) is 17.0 Å². The highest BCUT2D eigenvalue weighted by Gasteiger charge is 2.41. The van der Waals surface area contributed by atoms with Crippen molar-refractivity contribution in [3.63, 3.8) is 0 Å². The van der Waals surface area contributed by atoms with E-state index in [1.54, 1.807) is 0 Å². The van der Waals surface area contributed by atoms with Crippen molar-refractivity contribution in [2.24, 2.45) is 0 Å². The Labute approximate surface area is 187 Å². The van der Waals surface area contributed by atoms with Crippen molar-refractivity contribution >= 4 is 17.3 Å². The number of aromatic nitrogens is 3. The molecule has 2 fully saturated rings. The van der Waals surface area contributed by atoms with Crippen LogP contribution >= 0.6 is 12.2 Å². The predicted octanol–water partition coefficient (Wildman–Crippen LogP) is 2.57. The molecular weight excluding hydrogens is 408 g/mol. The third kappa shape index (κ3) is 4.19. The molecule has 3 aromatic heterocycles. The van der Waals surface area contributed by atoms with E-state index in [-0.39, 0.29) is 12.1 Å². The van der Waals surface area contributed by atoms with Gasteiger partial charge in [-0.15, -0.1) is 0 Å². The van der Waals surface area contributed by atoms with Gasteiger partial charge in [-0.1, -0.05) is 6.07 Å². The molecule has 2 atom stereocenters. The predicted molar refractivity (Wildman–Crippen MR) is 123 cm³/mol. The SMILES string of the molecule is S=C1N[C@H](c2ccccn2)[C@@H](c2cccn2-c2ccncc2)N1CCN1CCOCC1. The van der Waals surface area contributed by atoms with E-state index in [1.807, 2.05) is 42.9 Å². The molecule has 0 aliphatic carbocycles. The quantitative estimate of drug-likeness (QED) is 0.599. The van der Waals surface area contributed by atoms with E-state index < -0.39 is 0 Å². The summed E-state index contributed by atoms with van der Waals surface area (Å²) in [6, 6.07) is 14.4. The average molecular weight is 435 g/mol. The van der Waals surface area contributed by atoms with Gasteiger partial charge in [0.1, 0.15) is 0 Å². The van der Waals surface area contributed by atoms with Crippen molar-refractivity contribution in [3.05, 3.63) is 78.6 Å². The Bertz CT molecular complexity index is 1010. The fourth-order valence-electron chi connectivity index (χ4n) is 4.42. The second kappa shape index (κ2) is 9.13. The lowest BCUT2D eigenvalue weighted by atomic mass is 10.0. The van der Waals surface area contributed by atoms with Crippen LogP contribution in [-0.4, -0.2) is 68.8 Å². The molecule has 31 heavy (non-hydrogen) atoms. The molecule has 2 saturated heterocycles. The van der Waals surface area contributed by atoms with Crippen LogP contribution in [0.3, 0.4) is 0 Å². The Morgan fingerprint density at radius 3 is 2.61 bits per heavy atom. The van der Waals surface area contributed by atoms with Crippen LogP contribution in [0, 0.1) is 0 Å². The van der Waals surface area contributed by atoms with Gasteiger partial charge < -0.3 is 19.5 Å². The molecule has 7 nitrogen and oxygen atoms in total. The zero-order chi connectivity index (χ0) is 21.0. The number of rotatable bonds is 6. The van der Waals surface area contributed by atoms with Crippen LogP contribution < -0.4 is 5.32 Å². The van der Waals surface area contributed by atoms with Crippen molar-refractivity contribution in [2.75, 3.05) is 39.4 Å². The lowest BCUT2D eigenvalue weighted by Crippen LogP contribution is -2.42. The first kappa shape index (κ1) is 20.1. The molecule has 0 radical (unpaired) electrons. The fraction of sp³-hybridized carbons (Fsp3) is 0.348. The van der Waals surface area contributed by atoms with Crippen LogP contribution in [-0.2, 0) is 4.74 Å². The van der Waals surface area contributed by atoms with Gasteiger partial charge in [0.25, 0.3) is 0 Å². The lowest BCUT2D eigenvalue weighted by Gasteiger charge is -2.32. The number of pyridine rings is 2. The highest BCUT2D eigenvalue weighted by atomic mass is 32.1. The minimum absolute atomic E-state index is 0.0196. The topological polar surface area (TPSA) is 58.5 Å². The van der Waals surface area contributed by atoms with Gasteiger partial charge in [0.2, 0.25) is 0 Å². The number of nitrogens with one attached hydrogen (secondary N) is 1. The second-order valence-corrected chi connectivity index (χ2v) is 8.17. The van der Waals surface area contributed by atoms with Gasteiger partial charge in [-0.2, -0.15) is 0 Å². The Morgan fingerprint density at radius 2 is 1.84 bits per heavy atom. The molecule has 0 aromatic carbocycles. The third-order valence-electron chi connectivity index (χ3n) is 5.98. The second-order valence-electron chi connectivity index (χ2n) is 7.78. The average Bonchev–Trinajstić information content (AvgIpc) is 3.44. The summed E-state index contributed by atoms with van der Waals surface area (Å²) in [6.45, 7) is 5.33. The molecule has 0 unspecified atom stereocenters. The number of morpholine rings is 1. The van der Waals surface area contributed by atoms with E-state index in [1.165, 1.54) is 5.69 Å². The van der Waals surface area contributed by atoms with E-state index >= 15 is 0 Å². The molecular formula is C23H26N6OS. The van der Waals surface area contributed by atoms with Crippen molar-refractivity contribution in [1.29, 1.82) is 0 Å². The molecule has 0 bridgehead atoms. The van der Waals surface area contributed by atoms with Crippen LogP contribution in [0.2, 0.25) is 0 Å². The summed E-state index contributed by atoms with van der Waals surface area (Å²) in [5.41, 5.74) is 3.25. The lowest BCUT2D eigenvalue weighted by molar-refractivity contribution is 0.0349. The van der Waals surface area contributed by atoms with Gasteiger partial charge in [-0.25, -0.2) is 0 Å². The molecule has 160 valence electrons. The van der Waals surface area contributed by atoms with E-state index in [0.29, 0.717) is 0 Å².